The third-order valence-electron chi connectivity index (χ3n) is 3.95. The Balaban J connectivity index is 2.25. The zero-order chi connectivity index (χ0) is 19.5. The molecule has 1 atom stereocenters. The predicted molar refractivity (Wildman–Crippen MR) is 100 cm³/mol. The van der Waals surface area contributed by atoms with E-state index < -0.39 is 17.7 Å². The van der Waals surface area contributed by atoms with E-state index in [4.69, 9.17) is 4.74 Å². The molecule has 1 heterocycles. The summed E-state index contributed by atoms with van der Waals surface area (Å²) in [7, 11) is 1.56. The van der Waals surface area contributed by atoms with E-state index >= 15 is 0 Å². The molecule has 0 saturated carbocycles. The molecule has 6 nitrogen and oxygen atoms in total. The Labute approximate surface area is 154 Å². The van der Waals surface area contributed by atoms with E-state index in [0.717, 1.165) is 16.8 Å². The van der Waals surface area contributed by atoms with Crippen LogP contribution in [0.4, 0.5) is 4.79 Å². The van der Waals surface area contributed by atoms with Gasteiger partial charge in [0.05, 0.1) is 12.2 Å². The standard InChI is InChI=1S/C20H27N3O3/c1-14-12-23(21-15(14)2)18(16-10-8-7-9-11-16)17(24)13-22(6)19(25)26-20(3,4)5/h7-12,18H,13H2,1-6H3. The second-order valence-corrected chi connectivity index (χ2v) is 7.49. The molecule has 1 unspecified atom stereocenters. The van der Waals surface area contributed by atoms with E-state index in [-0.39, 0.29) is 12.3 Å². The van der Waals surface area contributed by atoms with Gasteiger partial charge in [0, 0.05) is 13.2 Å². The van der Waals surface area contributed by atoms with Crippen molar-refractivity contribution in [3.8, 4) is 0 Å². The van der Waals surface area contributed by atoms with Gasteiger partial charge in [-0.3, -0.25) is 9.48 Å². The smallest absolute Gasteiger partial charge is 0.410 e. The molecule has 1 aromatic carbocycles. The molecule has 0 radical (unpaired) electrons. The number of aryl methyl sites for hydroxylation is 2. The highest BCUT2D eigenvalue weighted by Gasteiger charge is 2.28. The van der Waals surface area contributed by atoms with Gasteiger partial charge >= 0.3 is 6.09 Å². The number of rotatable bonds is 5. The van der Waals surface area contributed by atoms with Crippen LogP contribution in [0.5, 0.6) is 0 Å². The van der Waals surface area contributed by atoms with E-state index in [1.165, 1.54) is 4.90 Å². The molecule has 0 aliphatic rings. The van der Waals surface area contributed by atoms with Crippen LogP contribution < -0.4 is 0 Å². The molecule has 2 aromatic rings. The Morgan fingerprint density at radius 2 is 1.81 bits per heavy atom. The average molecular weight is 357 g/mol. The summed E-state index contributed by atoms with van der Waals surface area (Å²) in [5.74, 6) is -0.132. The number of hydrogen-bond donors (Lipinski definition) is 0. The predicted octanol–water partition coefficient (Wildman–Crippen LogP) is 3.53. The fourth-order valence-corrected chi connectivity index (χ4v) is 2.55. The lowest BCUT2D eigenvalue weighted by Gasteiger charge is -2.25. The molecule has 1 aromatic heterocycles. The summed E-state index contributed by atoms with van der Waals surface area (Å²) in [5, 5.41) is 4.48. The molecule has 0 fully saturated rings. The molecule has 0 saturated heterocycles. The molecule has 1 amide bonds. The first kappa shape index (κ1) is 19.7. The minimum Gasteiger partial charge on any atom is -0.444 e. The summed E-state index contributed by atoms with van der Waals surface area (Å²) >= 11 is 0. The van der Waals surface area contributed by atoms with Crippen molar-refractivity contribution in [3.05, 3.63) is 53.3 Å². The van der Waals surface area contributed by atoms with Gasteiger partial charge < -0.3 is 9.64 Å². The summed E-state index contributed by atoms with van der Waals surface area (Å²) in [5.41, 5.74) is 2.11. The van der Waals surface area contributed by atoms with Crippen LogP contribution in [-0.4, -0.2) is 45.8 Å². The van der Waals surface area contributed by atoms with Crippen molar-refractivity contribution >= 4 is 11.9 Å². The Morgan fingerprint density at radius 1 is 1.19 bits per heavy atom. The highest BCUT2D eigenvalue weighted by Crippen LogP contribution is 2.21. The van der Waals surface area contributed by atoms with Gasteiger partial charge in [0.25, 0.3) is 0 Å². The number of nitrogens with zero attached hydrogens (tertiary/aromatic N) is 3. The van der Waals surface area contributed by atoms with Crippen LogP contribution in [0.3, 0.4) is 0 Å². The van der Waals surface area contributed by atoms with Gasteiger partial charge in [0.2, 0.25) is 0 Å². The molecular weight excluding hydrogens is 330 g/mol. The monoisotopic (exact) mass is 357 g/mol. The normalized spacial score (nSPS) is 12.5. The molecular formula is C20H27N3O3. The van der Waals surface area contributed by atoms with E-state index in [1.807, 2.05) is 50.4 Å². The zero-order valence-electron chi connectivity index (χ0n) is 16.3. The Hall–Kier alpha value is -2.63. The number of likely N-dealkylation sites (N-methyl/N-ethyl adjacent to an activating group) is 1. The average Bonchev–Trinajstić information content (AvgIpc) is 2.85. The summed E-state index contributed by atoms with van der Waals surface area (Å²) in [6.07, 6.45) is 1.34. The highest BCUT2D eigenvalue weighted by atomic mass is 16.6. The molecule has 0 aliphatic heterocycles. The maximum Gasteiger partial charge on any atom is 0.410 e. The van der Waals surface area contributed by atoms with E-state index in [0.29, 0.717) is 0 Å². The fourth-order valence-electron chi connectivity index (χ4n) is 2.55. The number of aromatic nitrogens is 2. The summed E-state index contributed by atoms with van der Waals surface area (Å²) < 4.78 is 7.00. The lowest BCUT2D eigenvalue weighted by Crippen LogP contribution is -2.39. The molecule has 26 heavy (non-hydrogen) atoms. The van der Waals surface area contributed by atoms with Crippen LogP contribution in [-0.2, 0) is 9.53 Å². The van der Waals surface area contributed by atoms with Gasteiger partial charge in [-0.1, -0.05) is 30.3 Å². The third kappa shape index (κ3) is 4.94. The van der Waals surface area contributed by atoms with Gasteiger partial charge in [0.1, 0.15) is 11.6 Å². The molecule has 0 N–H and O–H groups in total. The Morgan fingerprint density at radius 3 is 2.31 bits per heavy atom. The minimum atomic E-state index is -0.608. The van der Waals surface area contributed by atoms with E-state index in [2.05, 4.69) is 5.10 Å². The van der Waals surface area contributed by atoms with Gasteiger partial charge in [-0.25, -0.2) is 4.79 Å². The van der Waals surface area contributed by atoms with Crippen molar-refractivity contribution in [3.63, 3.8) is 0 Å². The zero-order valence-corrected chi connectivity index (χ0v) is 16.3. The van der Waals surface area contributed by atoms with Crippen LogP contribution in [0.2, 0.25) is 0 Å². The number of ether oxygens (including phenoxy) is 1. The lowest BCUT2D eigenvalue weighted by atomic mass is 10.0. The topological polar surface area (TPSA) is 64.4 Å². The van der Waals surface area contributed by atoms with Crippen LogP contribution in [0.25, 0.3) is 0 Å². The van der Waals surface area contributed by atoms with Crippen LogP contribution in [0.1, 0.15) is 43.6 Å². The fraction of sp³-hybridized carbons (Fsp3) is 0.450. The first-order valence-corrected chi connectivity index (χ1v) is 8.62. The van der Waals surface area contributed by atoms with Crippen molar-refractivity contribution in [1.29, 1.82) is 0 Å². The molecule has 0 bridgehead atoms. The van der Waals surface area contributed by atoms with Crippen molar-refractivity contribution in [2.24, 2.45) is 0 Å². The highest BCUT2D eigenvalue weighted by molar-refractivity contribution is 5.89. The SMILES string of the molecule is Cc1cn(C(C(=O)CN(C)C(=O)OC(C)(C)C)c2ccccc2)nc1C. The summed E-state index contributed by atoms with van der Waals surface area (Å²) in [6.45, 7) is 9.18. The molecule has 0 spiro atoms. The Kier molecular flexibility index (Phi) is 5.85. The van der Waals surface area contributed by atoms with Crippen molar-refractivity contribution in [2.45, 2.75) is 46.3 Å². The maximum atomic E-state index is 13.0. The van der Waals surface area contributed by atoms with Gasteiger partial charge in [-0.05, 0) is 45.7 Å². The molecule has 2 rings (SSSR count). The number of Topliss-reactive ketones (excluding diaryl/α,β-unsaturated/α-hetero) is 1. The van der Waals surface area contributed by atoms with Crippen LogP contribution >= 0.6 is 0 Å². The maximum absolute atomic E-state index is 13.0. The van der Waals surface area contributed by atoms with Gasteiger partial charge in [-0.15, -0.1) is 0 Å². The lowest BCUT2D eigenvalue weighted by molar-refractivity contribution is -0.122. The minimum absolute atomic E-state index is 0.0631. The molecule has 6 heteroatoms. The quantitative estimate of drug-likeness (QED) is 0.821. The van der Waals surface area contributed by atoms with Crippen LogP contribution in [0, 0.1) is 13.8 Å². The summed E-state index contributed by atoms with van der Waals surface area (Å²) in [4.78, 5) is 26.5. The van der Waals surface area contributed by atoms with Gasteiger partial charge in [-0.2, -0.15) is 5.10 Å². The number of ketones is 1. The second kappa shape index (κ2) is 7.72. The largest absolute Gasteiger partial charge is 0.444 e. The van der Waals surface area contributed by atoms with E-state index in [9.17, 15) is 9.59 Å². The summed E-state index contributed by atoms with van der Waals surface area (Å²) in [6, 6.07) is 8.86. The van der Waals surface area contributed by atoms with Crippen molar-refractivity contribution < 1.29 is 14.3 Å². The van der Waals surface area contributed by atoms with Gasteiger partial charge in [0.15, 0.2) is 5.78 Å². The number of hydrogen-bond acceptors (Lipinski definition) is 4. The number of carbonyl (C=O) groups excluding carboxylic acids is 2. The Bertz CT molecular complexity index is 756. The first-order chi connectivity index (χ1) is 12.1. The van der Waals surface area contributed by atoms with Crippen molar-refractivity contribution in [1.82, 2.24) is 14.7 Å². The molecule has 140 valence electrons. The third-order valence-corrected chi connectivity index (χ3v) is 3.95. The first-order valence-electron chi connectivity index (χ1n) is 8.62. The van der Waals surface area contributed by atoms with Crippen molar-refractivity contribution in [2.75, 3.05) is 13.6 Å². The molecule has 0 aliphatic carbocycles. The number of carbonyl (C=O) groups is 2. The number of benzene rings is 1. The number of amides is 1. The van der Waals surface area contributed by atoms with E-state index in [1.54, 1.807) is 32.5 Å². The van der Waals surface area contributed by atoms with Crippen LogP contribution in [0.15, 0.2) is 36.5 Å². The second-order valence-electron chi connectivity index (χ2n) is 7.49.